The summed E-state index contributed by atoms with van der Waals surface area (Å²) in [6, 6.07) is 3.52. The van der Waals surface area contributed by atoms with E-state index in [2.05, 4.69) is 17.2 Å². The van der Waals surface area contributed by atoms with Crippen LogP contribution in [0.25, 0.3) is 0 Å². The van der Waals surface area contributed by atoms with Crippen LogP contribution >= 0.6 is 0 Å². The lowest BCUT2D eigenvalue weighted by atomic mass is 10.1. The molecular formula is C13H21N3O. The van der Waals surface area contributed by atoms with Crippen LogP contribution in [0.3, 0.4) is 0 Å². The van der Waals surface area contributed by atoms with E-state index in [0.717, 1.165) is 31.2 Å². The van der Waals surface area contributed by atoms with Crippen molar-refractivity contribution in [1.29, 1.82) is 0 Å². The van der Waals surface area contributed by atoms with Crippen LogP contribution in [0.4, 0.5) is 0 Å². The van der Waals surface area contributed by atoms with Gasteiger partial charge in [-0.3, -0.25) is 9.78 Å². The van der Waals surface area contributed by atoms with Gasteiger partial charge in [0, 0.05) is 18.9 Å². The van der Waals surface area contributed by atoms with E-state index in [1.807, 2.05) is 18.3 Å². The first-order chi connectivity index (χ1) is 8.24. The summed E-state index contributed by atoms with van der Waals surface area (Å²) in [5, 5.41) is 2.85. The summed E-state index contributed by atoms with van der Waals surface area (Å²) >= 11 is 0. The van der Waals surface area contributed by atoms with E-state index in [4.69, 9.17) is 5.73 Å². The Morgan fingerprint density at radius 1 is 1.59 bits per heavy atom. The molecule has 17 heavy (non-hydrogen) atoms. The molecule has 1 unspecified atom stereocenters. The summed E-state index contributed by atoms with van der Waals surface area (Å²) in [4.78, 5) is 15.6. The Morgan fingerprint density at radius 2 is 2.41 bits per heavy atom. The molecule has 0 saturated heterocycles. The highest BCUT2D eigenvalue weighted by Gasteiger charge is 2.11. The van der Waals surface area contributed by atoms with Crippen molar-refractivity contribution in [2.75, 3.05) is 6.54 Å². The van der Waals surface area contributed by atoms with E-state index in [9.17, 15) is 4.79 Å². The zero-order valence-corrected chi connectivity index (χ0v) is 10.4. The standard InChI is InChI=1S/C13H21N3O/c1-2-3-6-12(14)13(17)16-9-7-11-5-4-8-15-10-11/h4-5,8,10,12H,2-3,6-7,9,14H2,1H3,(H,16,17). The van der Waals surface area contributed by atoms with Gasteiger partial charge >= 0.3 is 0 Å². The Labute approximate surface area is 103 Å². The zero-order valence-electron chi connectivity index (χ0n) is 10.4. The SMILES string of the molecule is CCCCC(N)C(=O)NCCc1cccnc1. The number of pyridine rings is 1. The number of nitrogens with two attached hydrogens (primary N) is 1. The Kier molecular flexibility index (Phi) is 6.25. The van der Waals surface area contributed by atoms with E-state index in [-0.39, 0.29) is 11.9 Å². The van der Waals surface area contributed by atoms with Gasteiger partial charge in [-0.05, 0) is 24.5 Å². The molecular weight excluding hydrogens is 214 g/mol. The van der Waals surface area contributed by atoms with E-state index >= 15 is 0 Å². The third-order valence-electron chi connectivity index (χ3n) is 2.64. The number of hydrogen-bond acceptors (Lipinski definition) is 3. The minimum atomic E-state index is -0.371. The average molecular weight is 235 g/mol. The van der Waals surface area contributed by atoms with Crippen molar-refractivity contribution in [2.24, 2.45) is 5.73 Å². The Morgan fingerprint density at radius 3 is 3.06 bits per heavy atom. The van der Waals surface area contributed by atoms with Gasteiger partial charge in [-0.2, -0.15) is 0 Å². The Hall–Kier alpha value is -1.42. The van der Waals surface area contributed by atoms with E-state index in [1.54, 1.807) is 6.20 Å². The average Bonchev–Trinajstić information content (AvgIpc) is 2.37. The topological polar surface area (TPSA) is 68.0 Å². The molecule has 0 aliphatic heterocycles. The fraction of sp³-hybridized carbons (Fsp3) is 0.538. The Bertz CT molecular complexity index is 327. The maximum atomic E-state index is 11.6. The van der Waals surface area contributed by atoms with Gasteiger partial charge in [0.15, 0.2) is 0 Å². The van der Waals surface area contributed by atoms with Crippen LogP contribution in [0.1, 0.15) is 31.7 Å². The molecule has 0 spiro atoms. The first-order valence-corrected chi connectivity index (χ1v) is 6.16. The molecule has 4 nitrogen and oxygen atoms in total. The van der Waals surface area contributed by atoms with Crippen LogP contribution in [0.2, 0.25) is 0 Å². The Balaban J connectivity index is 2.20. The summed E-state index contributed by atoms with van der Waals surface area (Å²) in [7, 11) is 0. The van der Waals surface area contributed by atoms with Crippen molar-refractivity contribution in [2.45, 2.75) is 38.6 Å². The van der Waals surface area contributed by atoms with E-state index in [1.165, 1.54) is 0 Å². The van der Waals surface area contributed by atoms with Crippen molar-refractivity contribution in [3.63, 3.8) is 0 Å². The molecule has 1 amide bonds. The van der Waals surface area contributed by atoms with Gasteiger partial charge in [-0.15, -0.1) is 0 Å². The molecule has 0 bridgehead atoms. The third-order valence-corrected chi connectivity index (χ3v) is 2.64. The van der Waals surface area contributed by atoms with Gasteiger partial charge in [-0.25, -0.2) is 0 Å². The van der Waals surface area contributed by atoms with Gasteiger partial charge < -0.3 is 11.1 Å². The summed E-state index contributed by atoms with van der Waals surface area (Å²) in [6.07, 6.45) is 7.16. The quantitative estimate of drug-likeness (QED) is 0.747. The summed E-state index contributed by atoms with van der Waals surface area (Å²) in [5.41, 5.74) is 6.88. The van der Waals surface area contributed by atoms with Crippen LogP contribution in [-0.2, 0) is 11.2 Å². The number of amides is 1. The molecule has 0 aromatic carbocycles. The van der Waals surface area contributed by atoms with Crippen molar-refractivity contribution in [3.05, 3.63) is 30.1 Å². The first kappa shape index (κ1) is 13.6. The number of carbonyl (C=O) groups is 1. The van der Waals surface area contributed by atoms with Crippen molar-refractivity contribution in [1.82, 2.24) is 10.3 Å². The monoisotopic (exact) mass is 235 g/mol. The van der Waals surface area contributed by atoms with Crippen molar-refractivity contribution >= 4 is 5.91 Å². The normalized spacial score (nSPS) is 12.1. The lowest BCUT2D eigenvalue weighted by Crippen LogP contribution is -2.41. The maximum Gasteiger partial charge on any atom is 0.236 e. The number of hydrogen-bond donors (Lipinski definition) is 2. The summed E-state index contributed by atoms with van der Waals surface area (Å²) < 4.78 is 0. The summed E-state index contributed by atoms with van der Waals surface area (Å²) in [6.45, 7) is 2.71. The molecule has 0 radical (unpaired) electrons. The fourth-order valence-corrected chi connectivity index (χ4v) is 1.56. The highest BCUT2D eigenvalue weighted by molar-refractivity contribution is 5.81. The maximum absolute atomic E-state index is 11.6. The number of carbonyl (C=O) groups excluding carboxylic acids is 1. The van der Waals surface area contributed by atoms with E-state index < -0.39 is 0 Å². The first-order valence-electron chi connectivity index (χ1n) is 6.16. The van der Waals surface area contributed by atoms with E-state index in [0.29, 0.717) is 6.54 Å². The molecule has 1 heterocycles. The molecule has 94 valence electrons. The molecule has 0 aliphatic rings. The van der Waals surface area contributed by atoms with Crippen LogP contribution in [0.15, 0.2) is 24.5 Å². The number of rotatable bonds is 7. The lowest BCUT2D eigenvalue weighted by molar-refractivity contribution is -0.122. The molecule has 1 atom stereocenters. The molecule has 1 aromatic heterocycles. The van der Waals surface area contributed by atoms with Crippen LogP contribution in [-0.4, -0.2) is 23.5 Å². The molecule has 1 rings (SSSR count). The molecule has 0 saturated carbocycles. The molecule has 3 N–H and O–H groups in total. The number of unbranched alkanes of at least 4 members (excludes halogenated alkanes) is 1. The molecule has 1 aromatic rings. The predicted octanol–water partition coefficient (Wildman–Crippen LogP) is 1.26. The van der Waals surface area contributed by atoms with Gasteiger partial charge in [0.2, 0.25) is 5.91 Å². The van der Waals surface area contributed by atoms with Gasteiger partial charge in [0.25, 0.3) is 0 Å². The fourth-order valence-electron chi connectivity index (χ4n) is 1.56. The smallest absolute Gasteiger partial charge is 0.236 e. The van der Waals surface area contributed by atoms with Gasteiger partial charge in [0.05, 0.1) is 6.04 Å². The molecule has 0 fully saturated rings. The van der Waals surface area contributed by atoms with Gasteiger partial charge in [-0.1, -0.05) is 25.8 Å². The second kappa shape index (κ2) is 7.79. The lowest BCUT2D eigenvalue weighted by Gasteiger charge is -2.11. The second-order valence-electron chi connectivity index (χ2n) is 4.15. The predicted molar refractivity (Wildman–Crippen MR) is 68.5 cm³/mol. The second-order valence-corrected chi connectivity index (χ2v) is 4.15. The van der Waals surface area contributed by atoms with Gasteiger partial charge in [0.1, 0.15) is 0 Å². The van der Waals surface area contributed by atoms with Crippen molar-refractivity contribution < 1.29 is 4.79 Å². The minimum Gasteiger partial charge on any atom is -0.354 e. The van der Waals surface area contributed by atoms with Crippen molar-refractivity contribution in [3.8, 4) is 0 Å². The highest BCUT2D eigenvalue weighted by Crippen LogP contribution is 1.99. The summed E-state index contributed by atoms with van der Waals surface area (Å²) in [5.74, 6) is -0.0534. The van der Waals surface area contributed by atoms with Crippen LogP contribution in [0, 0.1) is 0 Å². The number of nitrogens with one attached hydrogen (secondary N) is 1. The number of aromatic nitrogens is 1. The number of nitrogens with zero attached hydrogens (tertiary/aromatic N) is 1. The third kappa shape index (κ3) is 5.45. The molecule has 4 heteroatoms. The highest BCUT2D eigenvalue weighted by atomic mass is 16.2. The largest absolute Gasteiger partial charge is 0.354 e. The van der Waals surface area contributed by atoms with Crippen LogP contribution in [0.5, 0.6) is 0 Å². The molecule has 0 aliphatic carbocycles. The minimum absolute atomic E-state index is 0.0534. The van der Waals surface area contributed by atoms with Crippen LogP contribution < -0.4 is 11.1 Å². The zero-order chi connectivity index (χ0) is 12.5.